The molecule has 1 aromatic carbocycles. The van der Waals surface area contributed by atoms with Crippen LogP contribution in [0.15, 0.2) is 24.3 Å². The van der Waals surface area contributed by atoms with Gasteiger partial charge < -0.3 is 14.5 Å². The number of rotatable bonds is 5. The Labute approximate surface area is 161 Å². The molecule has 1 atom stereocenters. The first-order valence-corrected chi connectivity index (χ1v) is 10.3. The number of benzene rings is 1. The van der Waals surface area contributed by atoms with Crippen molar-refractivity contribution in [2.75, 3.05) is 40.3 Å². The monoisotopic (exact) mass is 372 g/mol. The molecule has 1 aliphatic heterocycles. The van der Waals surface area contributed by atoms with Crippen molar-refractivity contribution in [1.29, 1.82) is 0 Å². The standard InChI is InChI=1S/C20H30N6O/c1-24-12-14-25(15-13-24)19(16-8-10-18(27-2)11-9-16)20-21-22-23-26(20)17-6-4-3-5-7-17/h8-11,17,19H,3-7,12-15H2,1-2H3/p+2/t19-/m0/s1. The molecule has 0 amide bonds. The fourth-order valence-corrected chi connectivity index (χ4v) is 4.63. The Morgan fingerprint density at radius 2 is 1.74 bits per heavy atom. The van der Waals surface area contributed by atoms with Crippen LogP contribution in [0, 0.1) is 0 Å². The molecule has 0 bridgehead atoms. The van der Waals surface area contributed by atoms with Crippen molar-refractivity contribution in [3.8, 4) is 5.75 Å². The molecule has 27 heavy (non-hydrogen) atoms. The smallest absolute Gasteiger partial charge is 0.214 e. The number of piperazine rings is 1. The predicted octanol–water partition coefficient (Wildman–Crippen LogP) is -0.310. The summed E-state index contributed by atoms with van der Waals surface area (Å²) < 4.78 is 7.51. The second-order valence-corrected chi connectivity index (χ2v) is 8.10. The Morgan fingerprint density at radius 3 is 2.41 bits per heavy atom. The highest BCUT2D eigenvalue weighted by Crippen LogP contribution is 2.30. The van der Waals surface area contributed by atoms with E-state index in [0.717, 1.165) is 24.7 Å². The molecule has 0 unspecified atom stereocenters. The molecule has 1 saturated carbocycles. The fraction of sp³-hybridized carbons (Fsp3) is 0.650. The number of tetrazole rings is 1. The molecule has 7 heteroatoms. The number of methoxy groups -OCH3 is 1. The van der Waals surface area contributed by atoms with E-state index < -0.39 is 0 Å². The van der Waals surface area contributed by atoms with Gasteiger partial charge in [0.05, 0.1) is 20.2 Å². The molecule has 2 heterocycles. The zero-order valence-corrected chi connectivity index (χ0v) is 16.5. The Bertz CT molecular complexity index is 716. The first-order valence-electron chi connectivity index (χ1n) is 10.3. The Kier molecular flexibility index (Phi) is 5.69. The van der Waals surface area contributed by atoms with Gasteiger partial charge in [-0.2, -0.15) is 0 Å². The van der Waals surface area contributed by atoms with Gasteiger partial charge in [-0.15, -0.1) is 5.10 Å². The van der Waals surface area contributed by atoms with Gasteiger partial charge in [-0.1, -0.05) is 19.3 Å². The van der Waals surface area contributed by atoms with Crippen LogP contribution >= 0.6 is 0 Å². The van der Waals surface area contributed by atoms with Crippen LogP contribution < -0.4 is 14.5 Å². The second kappa shape index (κ2) is 8.35. The molecule has 2 N–H and O–H groups in total. The molecule has 2 aliphatic rings. The molecular formula is C20H32N6O+2. The number of ether oxygens (including phenoxy) is 1. The van der Waals surface area contributed by atoms with E-state index in [1.165, 1.54) is 50.8 Å². The van der Waals surface area contributed by atoms with Crippen LogP contribution in [0.2, 0.25) is 0 Å². The highest BCUT2D eigenvalue weighted by molar-refractivity contribution is 5.30. The van der Waals surface area contributed by atoms with Crippen LogP contribution in [-0.2, 0) is 0 Å². The van der Waals surface area contributed by atoms with Gasteiger partial charge in [0.15, 0.2) is 6.04 Å². The number of hydrogen-bond donors (Lipinski definition) is 2. The molecule has 4 rings (SSSR count). The van der Waals surface area contributed by atoms with Gasteiger partial charge in [0.25, 0.3) is 0 Å². The van der Waals surface area contributed by atoms with Crippen molar-refractivity contribution in [3.05, 3.63) is 35.7 Å². The van der Waals surface area contributed by atoms with Gasteiger partial charge >= 0.3 is 0 Å². The summed E-state index contributed by atoms with van der Waals surface area (Å²) >= 11 is 0. The van der Waals surface area contributed by atoms with E-state index in [4.69, 9.17) is 4.74 Å². The van der Waals surface area contributed by atoms with Crippen molar-refractivity contribution in [1.82, 2.24) is 20.2 Å². The lowest BCUT2D eigenvalue weighted by molar-refractivity contribution is -1.02. The van der Waals surface area contributed by atoms with E-state index in [1.54, 1.807) is 16.9 Å². The number of quaternary nitrogens is 2. The van der Waals surface area contributed by atoms with Gasteiger partial charge in [0.2, 0.25) is 5.82 Å². The largest absolute Gasteiger partial charge is 0.497 e. The maximum absolute atomic E-state index is 5.36. The minimum absolute atomic E-state index is 0.181. The summed E-state index contributed by atoms with van der Waals surface area (Å²) in [6.45, 7) is 4.65. The van der Waals surface area contributed by atoms with Gasteiger partial charge in [-0.05, 0) is 47.5 Å². The van der Waals surface area contributed by atoms with E-state index in [2.05, 4.69) is 51.5 Å². The van der Waals surface area contributed by atoms with Crippen LogP contribution in [0.1, 0.15) is 55.6 Å². The third-order valence-corrected chi connectivity index (χ3v) is 6.30. The summed E-state index contributed by atoms with van der Waals surface area (Å²) in [6.07, 6.45) is 6.28. The van der Waals surface area contributed by atoms with Crippen molar-refractivity contribution < 1.29 is 14.5 Å². The maximum Gasteiger partial charge on any atom is 0.214 e. The van der Waals surface area contributed by atoms with Crippen LogP contribution in [0.25, 0.3) is 0 Å². The fourth-order valence-electron chi connectivity index (χ4n) is 4.63. The quantitative estimate of drug-likeness (QED) is 0.756. The lowest BCUT2D eigenvalue weighted by atomic mass is 9.95. The predicted molar refractivity (Wildman–Crippen MR) is 102 cm³/mol. The first kappa shape index (κ1) is 18.4. The van der Waals surface area contributed by atoms with Crippen molar-refractivity contribution in [2.45, 2.75) is 44.2 Å². The zero-order chi connectivity index (χ0) is 18.6. The molecule has 7 nitrogen and oxygen atoms in total. The first-order chi connectivity index (χ1) is 13.3. The van der Waals surface area contributed by atoms with Gasteiger partial charge in [-0.25, -0.2) is 4.68 Å². The lowest BCUT2D eigenvalue weighted by Crippen LogP contribution is -3.27. The van der Waals surface area contributed by atoms with E-state index in [-0.39, 0.29) is 6.04 Å². The van der Waals surface area contributed by atoms with Crippen molar-refractivity contribution in [2.24, 2.45) is 0 Å². The second-order valence-electron chi connectivity index (χ2n) is 8.10. The molecule has 2 aromatic rings. The van der Waals surface area contributed by atoms with Gasteiger partial charge in [0, 0.05) is 5.56 Å². The van der Waals surface area contributed by atoms with Gasteiger partial charge in [-0.3, -0.25) is 0 Å². The molecule has 0 radical (unpaired) electrons. The lowest BCUT2D eigenvalue weighted by Gasteiger charge is -2.33. The third-order valence-electron chi connectivity index (χ3n) is 6.30. The summed E-state index contributed by atoms with van der Waals surface area (Å²) in [5.41, 5.74) is 1.28. The highest BCUT2D eigenvalue weighted by atomic mass is 16.5. The summed E-state index contributed by atoms with van der Waals surface area (Å²) in [4.78, 5) is 3.18. The molecule has 146 valence electrons. The topological polar surface area (TPSA) is 61.7 Å². The Balaban J connectivity index is 1.68. The minimum Gasteiger partial charge on any atom is -0.497 e. The van der Waals surface area contributed by atoms with E-state index >= 15 is 0 Å². The van der Waals surface area contributed by atoms with E-state index in [0.29, 0.717) is 6.04 Å². The normalized spacial score (nSPS) is 25.3. The molecule has 1 aliphatic carbocycles. The average Bonchev–Trinajstić information content (AvgIpc) is 3.20. The Morgan fingerprint density at radius 1 is 1.04 bits per heavy atom. The SMILES string of the molecule is COc1ccc([C@@H](c2nnnn2C2CCCCC2)[NH+]2CC[NH+](C)CC2)cc1. The third kappa shape index (κ3) is 3.99. The molecule has 2 fully saturated rings. The summed E-state index contributed by atoms with van der Waals surface area (Å²) in [6, 6.07) is 9.10. The molecule has 1 saturated heterocycles. The van der Waals surface area contributed by atoms with E-state index in [9.17, 15) is 0 Å². The number of aromatic nitrogens is 4. The molecular weight excluding hydrogens is 340 g/mol. The van der Waals surface area contributed by atoms with Crippen LogP contribution in [0.4, 0.5) is 0 Å². The number of hydrogen-bond acceptors (Lipinski definition) is 4. The number of nitrogens with one attached hydrogen (secondary N) is 2. The summed E-state index contributed by atoms with van der Waals surface area (Å²) in [7, 11) is 4.00. The highest BCUT2D eigenvalue weighted by Gasteiger charge is 2.36. The van der Waals surface area contributed by atoms with Crippen LogP contribution in [0.5, 0.6) is 5.75 Å². The number of nitrogens with zero attached hydrogens (tertiary/aromatic N) is 4. The molecule has 0 spiro atoms. The Hall–Kier alpha value is -1.99. The minimum atomic E-state index is 0.181. The summed E-state index contributed by atoms with van der Waals surface area (Å²) in [5.74, 6) is 1.92. The van der Waals surface area contributed by atoms with Crippen LogP contribution in [0.3, 0.4) is 0 Å². The van der Waals surface area contributed by atoms with E-state index in [1.807, 2.05) is 0 Å². The number of likely N-dealkylation sites (N-methyl/N-ethyl adjacent to an activating group) is 1. The van der Waals surface area contributed by atoms with Crippen LogP contribution in [-0.4, -0.2) is 60.5 Å². The van der Waals surface area contributed by atoms with Crippen molar-refractivity contribution in [3.63, 3.8) is 0 Å². The average molecular weight is 373 g/mol. The molecule has 1 aromatic heterocycles. The maximum atomic E-state index is 5.36. The van der Waals surface area contributed by atoms with Crippen molar-refractivity contribution >= 4 is 0 Å². The van der Waals surface area contributed by atoms with Gasteiger partial charge in [0.1, 0.15) is 31.9 Å². The summed E-state index contributed by atoms with van der Waals surface area (Å²) in [5, 5.41) is 13.1. The zero-order valence-electron chi connectivity index (χ0n) is 16.5.